The maximum atomic E-state index is 13.5. The lowest BCUT2D eigenvalue weighted by Crippen LogP contribution is -2.20. The summed E-state index contributed by atoms with van der Waals surface area (Å²) in [5.74, 6) is -2.44. The van der Waals surface area contributed by atoms with Crippen molar-refractivity contribution in [3.05, 3.63) is 58.6 Å². The molecule has 1 amide bonds. The smallest absolute Gasteiger partial charge is 0.331 e. The molecule has 148 valence electrons. The number of nitrogens with one attached hydrogen (secondary N) is 1. The zero-order valence-corrected chi connectivity index (χ0v) is 15.7. The van der Waals surface area contributed by atoms with Crippen LogP contribution in [0.5, 0.6) is 11.5 Å². The molecule has 1 N–H and O–H groups in total. The molecule has 0 saturated carbocycles. The maximum absolute atomic E-state index is 13.5. The number of esters is 1. The van der Waals surface area contributed by atoms with Crippen molar-refractivity contribution in [1.29, 1.82) is 0 Å². The molecule has 0 unspecified atom stereocenters. The normalized spacial score (nSPS) is 10.6. The minimum atomic E-state index is -0.819. The van der Waals surface area contributed by atoms with Crippen LogP contribution in [0.15, 0.2) is 36.4 Å². The van der Waals surface area contributed by atoms with E-state index in [1.54, 1.807) is 12.1 Å². The van der Waals surface area contributed by atoms with Crippen molar-refractivity contribution >= 4 is 35.2 Å². The zero-order valence-electron chi connectivity index (χ0n) is 14.9. The lowest BCUT2D eigenvalue weighted by atomic mass is 10.2. The number of rotatable bonds is 7. The molecule has 28 heavy (non-hydrogen) atoms. The number of benzene rings is 2. The second-order valence-electron chi connectivity index (χ2n) is 5.35. The van der Waals surface area contributed by atoms with Gasteiger partial charge in [0.15, 0.2) is 18.1 Å². The molecule has 0 atom stereocenters. The van der Waals surface area contributed by atoms with Crippen LogP contribution in [0.1, 0.15) is 5.56 Å². The highest BCUT2D eigenvalue weighted by molar-refractivity contribution is 6.32. The van der Waals surface area contributed by atoms with Gasteiger partial charge in [-0.1, -0.05) is 11.6 Å². The predicted molar refractivity (Wildman–Crippen MR) is 99.5 cm³/mol. The second-order valence-corrected chi connectivity index (χ2v) is 5.76. The Hall–Kier alpha value is -3.13. The molecule has 0 aromatic heterocycles. The van der Waals surface area contributed by atoms with E-state index in [-0.39, 0.29) is 10.7 Å². The maximum Gasteiger partial charge on any atom is 0.331 e. The van der Waals surface area contributed by atoms with Crippen LogP contribution in [0.2, 0.25) is 5.02 Å². The van der Waals surface area contributed by atoms with Gasteiger partial charge < -0.3 is 19.5 Å². The summed E-state index contributed by atoms with van der Waals surface area (Å²) < 4.78 is 41.5. The fourth-order valence-corrected chi connectivity index (χ4v) is 2.46. The summed E-state index contributed by atoms with van der Waals surface area (Å²) >= 11 is 6.07. The predicted octanol–water partition coefficient (Wildman–Crippen LogP) is 3.83. The average molecular weight is 412 g/mol. The van der Waals surface area contributed by atoms with E-state index in [2.05, 4.69) is 5.32 Å². The highest BCUT2D eigenvalue weighted by Gasteiger charge is 2.11. The molecule has 2 aromatic carbocycles. The number of carbonyl (C=O) groups excluding carboxylic acids is 2. The first-order chi connectivity index (χ1) is 13.3. The standard InChI is InChI=1S/C19H16ClF2NO5/c1-26-16-8-11(7-13(20)19(16)27-2)3-6-18(25)28-10-17(24)23-15-9-12(21)4-5-14(15)22/h3-9H,10H2,1-2H3,(H,23,24)/b6-3+. The molecule has 0 aliphatic rings. The number of amides is 1. The average Bonchev–Trinajstić information content (AvgIpc) is 2.67. The number of anilines is 1. The van der Waals surface area contributed by atoms with Gasteiger partial charge in [0.2, 0.25) is 0 Å². The molecule has 2 aromatic rings. The Balaban J connectivity index is 1.94. The molecule has 6 nitrogen and oxygen atoms in total. The van der Waals surface area contributed by atoms with E-state index in [0.29, 0.717) is 17.1 Å². The van der Waals surface area contributed by atoms with Gasteiger partial charge in [-0.2, -0.15) is 0 Å². The molecule has 0 aliphatic carbocycles. The second kappa shape index (κ2) is 9.70. The molecule has 0 aliphatic heterocycles. The summed E-state index contributed by atoms with van der Waals surface area (Å²) in [7, 11) is 2.88. The quantitative estimate of drug-likeness (QED) is 0.553. The molecule has 9 heteroatoms. The van der Waals surface area contributed by atoms with Crippen LogP contribution >= 0.6 is 11.6 Å². The molecule has 0 fully saturated rings. The number of halogens is 3. The van der Waals surface area contributed by atoms with Crippen molar-refractivity contribution in [2.45, 2.75) is 0 Å². The van der Waals surface area contributed by atoms with Crippen LogP contribution in [0.25, 0.3) is 6.08 Å². The van der Waals surface area contributed by atoms with E-state index in [4.69, 9.17) is 25.8 Å². The Morgan fingerprint density at radius 2 is 1.89 bits per heavy atom. The molecule has 0 saturated heterocycles. The molecule has 2 rings (SSSR count). The molecule has 0 bridgehead atoms. The molecular formula is C19H16ClF2NO5. The molecule has 0 radical (unpaired) electrons. The first-order valence-electron chi connectivity index (χ1n) is 7.85. The van der Waals surface area contributed by atoms with Crippen LogP contribution < -0.4 is 14.8 Å². The number of carbonyl (C=O) groups is 2. The van der Waals surface area contributed by atoms with E-state index in [0.717, 1.165) is 24.3 Å². The fourth-order valence-electron chi connectivity index (χ4n) is 2.16. The van der Waals surface area contributed by atoms with E-state index in [9.17, 15) is 18.4 Å². The Kier molecular flexibility index (Phi) is 7.34. The lowest BCUT2D eigenvalue weighted by molar-refractivity contribution is -0.142. The number of ether oxygens (including phenoxy) is 3. The topological polar surface area (TPSA) is 73.9 Å². The monoisotopic (exact) mass is 411 g/mol. The van der Waals surface area contributed by atoms with E-state index in [1.807, 2.05) is 0 Å². The number of hydrogen-bond donors (Lipinski definition) is 1. The highest BCUT2D eigenvalue weighted by atomic mass is 35.5. The largest absolute Gasteiger partial charge is 0.493 e. The van der Waals surface area contributed by atoms with Crippen LogP contribution in [0.4, 0.5) is 14.5 Å². The van der Waals surface area contributed by atoms with Gasteiger partial charge in [0, 0.05) is 12.1 Å². The Bertz CT molecular complexity index is 917. The minimum Gasteiger partial charge on any atom is -0.493 e. The number of methoxy groups -OCH3 is 2. The highest BCUT2D eigenvalue weighted by Crippen LogP contribution is 2.36. The summed E-state index contributed by atoms with van der Waals surface area (Å²) in [6.07, 6.45) is 2.48. The van der Waals surface area contributed by atoms with Crippen LogP contribution in [0.3, 0.4) is 0 Å². The van der Waals surface area contributed by atoms with Gasteiger partial charge >= 0.3 is 5.97 Å². The fraction of sp³-hybridized carbons (Fsp3) is 0.158. The SMILES string of the molecule is COc1cc(/C=C/C(=O)OCC(=O)Nc2cc(F)ccc2F)cc(Cl)c1OC. The third-order valence-electron chi connectivity index (χ3n) is 3.42. The minimum absolute atomic E-state index is 0.284. The summed E-state index contributed by atoms with van der Waals surface area (Å²) in [6.45, 7) is -0.675. The zero-order chi connectivity index (χ0) is 20.7. The van der Waals surface area contributed by atoms with Crippen molar-refractivity contribution in [3.63, 3.8) is 0 Å². The van der Waals surface area contributed by atoms with Gasteiger partial charge in [0.05, 0.1) is 24.9 Å². The van der Waals surface area contributed by atoms with Crippen LogP contribution in [0, 0.1) is 11.6 Å². The van der Waals surface area contributed by atoms with E-state index >= 15 is 0 Å². The van der Waals surface area contributed by atoms with E-state index < -0.39 is 30.1 Å². The first kappa shape index (κ1) is 21.2. The van der Waals surface area contributed by atoms with Crippen molar-refractivity contribution in [3.8, 4) is 11.5 Å². The van der Waals surface area contributed by atoms with Crippen LogP contribution in [-0.2, 0) is 14.3 Å². The van der Waals surface area contributed by atoms with Gasteiger partial charge in [0.25, 0.3) is 5.91 Å². The molecule has 0 spiro atoms. The van der Waals surface area contributed by atoms with E-state index in [1.165, 1.54) is 20.3 Å². The van der Waals surface area contributed by atoms with Gasteiger partial charge in [-0.25, -0.2) is 13.6 Å². The van der Waals surface area contributed by atoms with Crippen molar-refractivity contribution in [2.24, 2.45) is 0 Å². The molecular weight excluding hydrogens is 396 g/mol. The van der Waals surface area contributed by atoms with Crippen molar-refractivity contribution < 1.29 is 32.6 Å². The summed E-state index contributed by atoms with van der Waals surface area (Å²) in [5.41, 5.74) is 0.183. The summed E-state index contributed by atoms with van der Waals surface area (Å²) in [6, 6.07) is 5.74. The molecule has 0 heterocycles. The van der Waals surface area contributed by atoms with Crippen molar-refractivity contribution in [2.75, 3.05) is 26.1 Å². The number of hydrogen-bond acceptors (Lipinski definition) is 5. The Morgan fingerprint density at radius 1 is 1.14 bits per heavy atom. The Labute approximate surface area is 164 Å². The van der Waals surface area contributed by atoms with Crippen molar-refractivity contribution in [1.82, 2.24) is 0 Å². The summed E-state index contributed by atoms with van der Waals surface area (Å²) in [4.78, 5) is 23.4. The van der Waals surface area contributed by atoms with Gasteiger partial charge in [-0.05, 0) is 35.9 Å². The first-order valence-corrected chi connectivity index (χ1v) is 8.23. The summed E-state index contributed by atoms with van der Waals surface area (Å²) in [5, 5.41) is 2.40. The lowest BCUT2D eigenvalue weighted by Gasteiger charge is -2.10. The third-order valence-corrected chi connectivity index (χ3v) is 3.70. The van der Waals surface area contributed by atoms with Gasteiger partial charge in [0.1, 0.15) is 11.6 Å². The van der Waals surface area contributed by atoms with Gasteiger partial charge in [-0.3, -0.25) is 4.79 Å². The van der Waals surface area contributed by atoms with Gasteiger partial charge in [-0.15, -0.1) is 0 Å². The third kappa shape index (κ3) is 5.68. The van der Waals surface area contributed by atoms with Crippen LogP contribution in [-0.4, -0.2) is 32.7 Å². The Morgan fingerprint density at radius 3 is 2.57 bits per heavy atom.